The van der Waals surface area contributed by atoms with Crippen molar-refractivity contribution in [1.29, 1.82) is 0 Å². The Balaban J connectivity index is 1.85. The molecular formula is C14H23NO3. The Morgan fingerprint density at radius 3 is 2.78 bits per heavy atom. The number of carbonyl (C=O) groups excluding carboxylic acids is 1. The quantitative estimate of drug-likeness (QED) is 0.700. The van der Waals surface area contributed by atoms with Crippen LogP contribution in [0.4, 0.5) is 0 Å². The van der Waals surface area contributed by atoms with Gasteiger partial charge in [-0.1, -0.05) is 18.6 Å². The lowest BCUT2D eigenvalue weighted by Crippen LogP contribution is -2.49. The Morgan fingerprint density at radius 1 is 1.50 bits per heavy atom. The number of methoxy groups -OCH3 is 1. The minimum atomic E-state index is -0.193. The van der Waals surface area contributed by atoms with E-state index >= 15 is 0 Å². The zero-order valence-corrected chi connectivity index (χ0v) is 11.0. The van der Waals surface area contributed by atoms with Gasteiger partial charge in [0.25, 0.3) is 0 Å². The third-order valence-electron chi connectivity index (χ3n) is 4.30. The number of hydrogen-bond acceptors (Lipinski definition) is 3. The molecule has 1 saturated carbocycles. The van der Waals surface area contributed by atoms with Gasteiger partial charge in [-0.25, -0.2) is 0 Å². The molecule has 0 aromatic heterocycles. The molecule has 0 saturated heterocycles. The van der Waals surface area contributed by atoms with Gasteiger partial charge in [-0.15, -0.1) is 0 Å². The summed E-state index contributed by atoms with van der Waals surface area (Å²) in [6, 6.07) is 0.0923. The molecule has 0 aliphatic heterocycles. The van der Waals surface area contributed by atoms with E-state index in [0.717, 1.165) is 32.1 Å². The molecular weight excluding hydrogens is 230 g/mol. The standard InChI is InChI=1S/C14H23NO3/c1-18-8-7-14(5-2-6-14)13(17)15-12-4-3-11(9-12)10-16/h3-4,11-12,16H,2,5-10H2,1H3,(H,15,17)/t11-,12+/m0/s1. The van der Waals surface area contributed by atoms with Crippen molar-refractivity contribution in [3.8, 4) is 0 Å². The van der Waals surface area contributed by atoms with E-state index in [4.69, 9.17) is 9.84 Å². The number of ether oxygens (including phenoxy) is 1. The van der Waals surface area contributed by atoms with Crippen molar-refractivity contribution in [2.24, 2.45) is 11.3 Å². The maximum absolute atomic E-state index is 12.3. The molecule has 0 aromatic rings. The van der Waals surface area contributed by atoms with Crippen LogP contribution in [-0.4, -0.2) is 37.4 Å². The fraction of sp³-hybridized carbons (Fsp3) is 0.786. The van der Waals surface area contributed by atoms with Crippen molar-refractivity contribution in [3.05, 3.63) is 12.2 Å². The van der Waals surface area contributed by atoms with Crippen LogP contribution in [0.5, 0.6) is 0 Å². The smallest absolute Gasteiger partial charge is 0.226 e. The molecule has 0 unspecified atom stereocenters. The number of carbonyl (C=O) groups is 1. The van der Waals surface area contributed by atoms with Crippen LogP contribution in [0.3, 0.4) is 0 Å². The lowest BCUT2D eigenvalue weighted by molar-refractivity contribution is -0.138. The first kappa shape index (κ1) is 13.6. The van der Waals surface area contributed by atoms with Crippen LogP contribution in [0.25, 0.3) is 0 Å². The first-order valence-corrected chi connectivity index (χ1v) is 6.79. The summed E-state index contributed by atoms with van der Waals surface area (Å²) in [6.45, 7) is 0.810. The van der Waals surface area contributed by atoms with Gasteiger partial charge in [0.1, 0.15) is 0 Å². The molecule has 2 rings (SSSR count). The fourth-order valence-corrected chi connectivity index (χ4v) is 2.83. The van der Waals surface area contributed by atoms with Gasteiger partial charge in [0, 0.05) is 32.3 Å². The molecule has 4 heteroatoms. The molecule has 4 nitrogen and oxygen atoms in total. The monoisotopic (exact) mass is 253 g/mol. The van der Waals surface area contributed by atoms with Crippen LogP contribution in [-0.2, 0) is 9.53 Å². The number of rotatable bonds is 6. The Labute approximate surface area is 108 Å². The average molecular weight is 253 g/mol. The van der Waals surface area contributed by atoms with E-state index in [1.54, 1.807) is 7.11 Å². The Hall–Kier alpha value is -0.870. The highest BCUT2D eigenvalue weighted by atomic mass is 16.5. The first-order chi connectivity index (χ1) is 8.70. The summed E-state index contributed by atoms with van der Waals surface area (Å²) >= 11 is 0. The van der Waals surface area contributed by atoms with E-state index in [0.29, 0.717) is 6.61 Å². The summed E-state index contributed by atoms with van der Waals surface area (Å²) in [4.78, 5) is 12.3. The molecule has 2 atom stereocenters. The second kappa shape index (κ2) is 5.85. The molecule has 0 spiro atoms. The predicted molar refractivity (Wildman–Crippen MR) is 69.0 cm³/mol. The van der Waals surface area contributed by atoms with E-state index in [9.17, 15) is 4.79 Å². The number of hydrogen-bond donors (Lipinski definition) is 2. The number of nitrogens with one attached hydrogen (secondary N) is 1. The Kier molecular flexibility index (Phi) is 4.40. The van der Waals surface area contributed by atoms with Crippen molar-refractivity contribution < 1.29 is 14.6 Å². The van der Waals surface area contributed by atoms with Gasteiger partial charge in [0.2, 0.25) is 5.91 Å². The van der Waals surface area contributed by atoms with Crippen LogP contribution in [0, 0.1) is 11.3 Å². The molecule has 2 N–H and O–H groups in total. The average Bonchev–Trinajstić information content (AvgIpc) is 2.75. The van der Waals surface area contributed by atoms with Gasteiger partial charge in [-0.05, 0) is 25.7 Å². The SMILES string of the molecule is COCCC1(C(=O)N[C@@H]2C=C[C@H](CO)C2)CCC1. The molecule has 0 bridgehead atoms. The largest absolute Gasteiger partial charge is 0.396 e. The van der Waals surface area contributed by atoms with Gasteiger partial charge in [0.15, 0.2) is 0 Å². The first-order valence-electron chi connectivity index (χ1n) is 6.79. The summed E-state index contributed by atoms with van der Waals surface area (Å²) in [7, 11) is 1.68. The van der Waals surface area contributed by atoms with Gasteiger partial charge in [-0.2, -0.15) is 0 Å². The minimum absolute atomic E-state index is 0.0923. The highest BCUT2D eigenvalue weighted by molar-refractivity contribution is 5.84. The van der Waals surface area contributed by atoms with E-state index in [1.165, 1.54) is 0 Å². The topological polar surface area (TPSA) is 58.6 Å². The molecule has 102 valence electrons. The van der Waals surface area contributed by atoms with Gasteiger partial charge in [-0.3, -0.25) is 4.79 Å². The van der Waals surface area contributed by atoms with E-state index < -0.39 is 0 Å². The summed E-state index contributed by atoms with van der Waals surface area (Å²) in [6.07, 6.45) is 8.72. The zero-order valence-electron chi connectivity index (χ0n) is 11.0. The summed E-state index contributed by atoms with van der Waals surface area (Å²) in [5, 5.41) is 12.2. The maximum atomic E-state index is 12.3. The lowest BCUT2D eigenvalue weighted by Gasteiger charge is -2.40. The summed E-state index contributed by atoms with van der Waals surface area (Å²) < 4.78 is 5.10. The highest BCUT2D eigenvalue weighted by Crippen LogP contribution is 2.44. The van der Waals surface area contributed by atoms with Crippen molar-refractivity contribution in [1.82, 2.24) is 5.32 Å². The molecule has 0 aromatic carbocycles. The fourth-order valence-electron chi connectivity index (χ4n) is 2.83. The predicted octanol–water partition coefficient (Wildman–Crippen LogP) is 1.25. The normalized spacial score (nSPS) is 29.0. The van der Waals surface area contributed by atoms with Crippen molar-refractivity contribution in [2.45, 2.75) is 38.1 Å². The Morgan fingerprint density at radius 2 is 2.28 bits per heavy atom. The third kappa shape index (κ3) is 2.75. The molecule has 2 aliphatic carbocycles. The van der Waals surface area contributed by atoms with Crippen LogP contribution in [0.15, 0.2) is 12.2 Å². The van der Waals surface area contributed by atoms with Crippen LogP contribution in [0.1, 0.15) is 32.1 Å². The maximum Gasteiger partial charge on any atom is 0.226 e. The molecule has 18 heavy (non-hydrogen) atoms. The third-order valence-corrected chi connectivity index (χ3v) is 4.30. The molecule has 0 radical (unpaired) electrons. The summed E-state index contributed by atoms with van der Waals surface area (Å²) in [5.74, 6) is 0.366. The van der Waals surface area contributed by atoms with E-state index in [2.05, 4.69) is 5.32 Å². The van der Waals surface area contributed by atoms with Crippen molar-refractivity contribution in [3.63, 3.8) is 0 Å². The lowest BCUT2D eigenvalue weighted by atomic mass is 9.66. The van der Waals surface area contributed by atoms with E-state index in [1.807, 2.05) is 12.2 Å². The molecule has 0 heterocycles. The van der Waals surface area contributed by atoms with Gasteiger partial charge >= 0.3 is 0 Å². The van der Waals surface area contributed by atoms with Crippen LogP contribution >= 0.6 is 0 Å². The Bertz CT molecular complexity index is 323. The van der Waals surface area contributed by atoms with Gasteiger partial charge < -0.3 is 15.2 Å². The minimum Gasteiger partial charge on any atom is -0.396 e. The number of amides is 1. The molecule has 1 fully saturated rings. The van der Waals surface area contributed by atoms with Crippen molar-refractivity contribution in [2.75, 3.05) is 20.3 Å². The zero-order chi connectivity index (χ0) is 13.0. The second-order valence-corrected chi connectivity index (χ2v) is 5.52. The highest BCUT2D eigenvalue weighted by Gasteiger charge is 2.44. The van der Waals surface area contributed by atoms with Crippen molar-refractivity contribution >= 4 is 5.91 Å². The molecule has 1 amide bonds. The number of aliphatic hydroxyl groups is 1. The summed E-state index contributed by atoms with van der Waals surface area (Å²) in [5.41, 5.74) is -0.193. The second-order valence-electron chi connectivity index (χ2n) is 5.52. The molecule has 2 aliphatic rings. The van der Waals surface area contributed by atoms with Crippen LogP contribution in [0.2, 0.25) is 0 Å². The van der Waals surface area contributed by atoms with Crippen LogP contribution < -0.4 is 5.32 Å². The van der Waals surface area contributed by atoms with Gasteiger partial charge in [0.05, 0.1) is 5.41 Å². The van der Waals surface area contributed by atoms with E-state index in [-0.39, 0.29) is 29.9 Å². The number of aliphatic hydroxyl groups excluding tert-OH is 1.